The number of hydrogen-bond donors (Lipinski definition) is 1. The Balaban J connectivity index is 2.45. The van der Waals surface area contributed by atoms with Crippen LogP contribution in [0.5, 0.6) is 11.5 Å². The molecule has 1 aliphatic rings. The molecule has 1 N–H and O–H groups in total. The highest BCUT2D eigenvalue weighted by Crippen LogP contribution is 2.41. The molecule has 0 aliphatic carbocycles. The van der Waals surface area contributed by atoms with Gasteiger partial charge in [-0.25, -0.2) is 0 Å². The second kappa shape index (κ2) is 7.84. The van der Waals surface area contributed by atoms with Gasteiger partial charge in [0.15, 0.2) is 0 Å². The average Bonchev–Trinajstić information content (AvgIpc) is 2.52. The zero-order valence-corrected chi connectivity index (χ0v) is 14.6. The second-order valence-corrected chi connectivity index (χ2v) is 6.51. The predicted molar refractivity (Wildman–Crippen MR) is 90.9 cm³/mol. The summed E-state index contributed by atoms with van der Waals surface area (Å²) in [5, 5.41) is 3.44. The lowest BCUT2D eigenvalue weighted by Crippen LogP contribution is -2.45. The number of ether oxygens (including phenoxy) is 2. The van der Waals surface area contributed by atoms with Crippen molar-refractivity contribution in [2.45, 2.75) is 33.2 Å². The summed E-state index contributed by atoms with van der Waals surface area (Å²) in [5.41, 5.74) is 2.37. The van der Waals surface area contributed by atoms with Crippen LogP contribution in [0.15, 0.2) is 12.1 Å². The summed E-state index contributed by atoms with van der Waals surface area (Å²) in [6, 6.07) is 4.58. The maximum absolute atomic E-state index is 5.70. The molecule has 1 fully saturated rings. The summed E-state index contributed by atoms with van der Waals surface area (Å²) in [6.45, 7) is 10.9. The number of nitrogens with zero attached hydrogens (tertiary/aromatic N) is 1. The van der Waals surface area contributed by atoms with Crippen LogP contribution >= 0.6 is 0 Å². The van der Waals surface area contributed by atoms with E-state index in [1.807, 2.05) is 0 Å². The third-order valence-electron chi connectivity index (χ3n) is 4.31. The molecule has 2 rings (SSSR count). The van der Waals surface area contributed by atoms with E-state index < -0.39 is 0 Å². The molecule has 1 saturated heterocycles. The smallest absolute Gasteiger partial charge is 0.127 e. The van der Waals surface area contributed by atoms with Crippen LogP contribution in [0.1, 0.15) is 37.4 Å². The Morgan fingerprint density at radius 2 is 1.64 bits per heavy atom. The van der Waals surface area contributed by atoms with Crippen LogP contribution in [0.25, 0.3) is 0 Å². The first kappa shape index (κ1) is 17.1. The van der Waals surface area contributed by atoms with Gasteiger partial charge in [0, 0.05) is 32.2 Å². The van der Waals surface area contributed by atoms with Gasteiger partial charge in [-0.1, -0.05) is 13.8 Å². The molecule has 1 aromatic carbocycles. The first-order valence-corrected chi connectivity index (χ1v) is 8.24. The number of nitrogens with one attached hydrogen (secondary N) is 1. The van der Waals surface area contributed by atoms with Crippen LogP contribution < -0.4 is 14.8 Å². The van der Waals surface area contributed by atoms with Crippen LogP contribution in [0.2, 0.25) is 0 Å². The van der Waals surface area contributed by atoms with E-state index in [-0.39, 0.29) is 0 Å². The third-order valence-corrected chi connectivity index (χ3v) is 4.31. The Kier molecular flexibility index (Phi) is 6.09. The Bertz CT molecular complexity index is 457. The van der Waals surface area contributed by atoms with Crippen molar-refractivity contribution in [2.75, 3.05) is 40.4 Å². The van der Waals surface area contributed by atoms with Gasteiger partial charge < -0.3 is 14.8 Å². The van der Waals surface area contributed by atoms with Crippen molar-refractivity contribution in [3.63, 3.8) is 0 Å². The summed E-state index contributed by atoms with van der Waals surface area (Å²) in [4.78, 5) is 2.56. The Labute approximate surface area is 134 Å². The Hall–Kier alpha value is -1.26. The number of methoxy groups -OCH3 is 2. The van der Waals surface area contributed by atoms with Crippen LogP contribution in [0.3, 0.4) is 0 Å². The lowest BCUT2D eigenvalue weighted by Gasteiger charge is -2.37. The molecule has 1 heterocycles. The van der Waals surface area contributed by atoms with Gasteiger partial charge in [0.05, 0.1) is 19.8 Å². The number of hydrogen-bond acceptors (Lipinski definition) is 4. The van der Waals surface area contributed by atoms with Crippen molar-refractivity contribution in [1.29, 1.82) is 0 Å². The van der Waals surface area contributed by atoms with Crippen molar-refractivity contribution < 1.29 is 9.47 Å². The molecule has 4 nitrogen and oxygen atoms in total. The fraction of sp³-hybridized carbons (Fsp3) is 0.667. The lowest BCUT2D eigenvalue weighted by atomic mass is 9.92. The minimum Gasteiger partial charge on any atom is -0.496 e. The molecule has 1 aliphatic heterocycles. The van der Waals surface area contributed by atoms with E-state index in [4.69, 9.17) is 9.47 Å². The topological polar surface area (TPSA) is 33.7 Å². The highest BCUT2D eigenvalue weighted by molar-refractivity contribution is 5.50. The molecule has 0 aromatic heterocycles. The summed E-state index contributed by atoms with van der Waals surface area (Å²) in [6.07, 6.45) is 1.11. The molecule has 0 radical (unpaired) electrons. The quantitative estimate of drug-likeness (QED) is 0.876. The van der Waals surface area contributed by atoms with Crippen molar-refractivity contribution in [3.8, 4) is 11.5 Å². The van der Waals surface area contributed by atoms with E-state index in [2.05, 4.69) is 43.1 Å². The highest BCUT2D eigenvalue weighted by Gasteiger charge is 2.28. The van der Waals surface area contributed by atoms with Crippen molar-refractivity contribution in [1.82, 2.24) is 10.2 Å². The van der Waals surface area contributed by atoms with Gasteiger partial charge in [-0.05, 0) is 37.0 Å². The monoisotopic (exact) mass is 306 g/mol. The number of piperazine rings is 1. The van der Waals surface area contributed by atoms with E-state index in [0.29, 0.717) is 12.0 Å². The molecule has 0 amide bonds. The summed E-state index contributed by atoms with van der Waals surface area (Å²) >= 11 is 0. The summed E-state index contributed by atoms with van der Waals surface area (Å²) in [7, 11) is 3.50. The SMILES string of the molecule is COc1cc(C)cc(OC)c1[C@H](CC(C)C)N1CCNCC1. The van der Waals surface area contributed by atoms with Crippen LogP contribution in [0.4, 0.5) is 0 Å². The van der Waals surface area contributed by atoms with Gasteiger partial charge in [0.2, 0.25) is 0 Å². The van der Waals surface area contributed by atoms with Crippen molar-refractivity contribution in [3.05, 3.63) is 23.3 Å². The van der Waals surface area contributed by atoms with Gasteiger partial charge in [0.25, 0.3) is 0 Å². The highest BCUT2D eigenvalue weighted by atomic mass is 16.5. The number of benzene rings is 1. The molecular weight excluding hydrogens is 276 g/mol. The standard InChI is InChI=1S/C18H30N2O2/c1-13(2)10-15(20-8-6-19-7-9-20)18-16(21-4)11-14(3)12-17(18)22-5/h11-13,15,19H,6-10H2,1-5H3/t15-/m0/s1. The Morgan fingerprint density at radius 3 is 2.09 bits per heavy atom. The molecule has 22 heavy (non-hydrogen) atoms. The van der Waals surface area contributed by atoms with E-state index in [1.54, 1.807) is 14.2 Å². The first-order valence-electron chi connectivity index (χ1n) is 8.24. The number of rotatable bonds is 6. The fourth-order valence-electron chi connectivity index (χ4n) is 3.29. The molecule has 0 unspecified atom stereocenters. The average molecular weight is 306 g/mol. The third kappa shape index (κ3) is 3.93. The van der Waals surface area contributed by atoms with Gasteiger partial charge >= 0.3 is 0 Å². The Morgan fingerprint density at radius 1 is 1.09 bits per heavy atom. The lowest BCUT2D eigenvalue weighted by molar-refractivity contribution is 0.148. The fourth-order valence-corrected chi connectivity index (χ4v) is 3.29. The van der Waals surface area contributed by atoms with E-state index in [9.17, 15) is 0 Å². The molecular formula is C18H30N2O2. The molecule has 1 atom stereocenters. The molecule has 0 spiro atoms. The van der Waals surface area contributed by atoms with Gasteiger partial charge in [0.1, 0.15) is 11.5 Å². The predicted octanol–water partition coefficient (Wildman–Crippen LogP) is 3.00. The van der Waals surface area contributed by atoms with Gasteiger partial charge in [-0.3, -0.25) is 4.90 Å². The molecule has 0 bridgehead atoms. The maximum atomic E-state index is 5.70. The minimum absolute atomic E-state index is 0.340. The van der Waals surface area contributed by atoms with Crippen LogP contribution in [-0.2, 0) is 0 Å². The molecule has 1 aromatic rings. The zero-order valence-electron chi connectivity index (χ0n) is 14.6. The molecule has 4 heteroatoms. The minimum atomic E-state index is 0.340. The van der Waals surface area contributed by atoms with Gasteiger partial charge in [-0.15, -0.1) is 0 Å². The maximum Gasteiger partial charge on any atom is 0.127 e. The van der Waals surface area contributed by atoms with Crippen molar-refractivity contribution >= 4 is 0 Å². The van der Waals surface area contributed by atoms with E-state index in [1.165, 1.54) is 11.1 Å². The normalized spacial score (nSPS) is 17.5. The number of aryl methyl sites for hydroxylation is 1. The molecule has 124 valence electrons. The van der Waals surface area contributed by atoms with Crippen LogP contribution in [0, 0.1) is 12.8 Å². The van der Waals surface area contributed by atoms with E-state index >= 15 is 0 Å². The van der Waals surface area contributed by atoms with E-state index in [0.717, 1.165) is 44.1 Å². The first-order chi connectivity index (χ1) is 10.6. The summed E-state index contributed by atoms with van der Waals surface area (Å²) < 4.78 is 11.4. The van der Waals surface area contributed by atoms with Gasteiger partial charge in [-0.2, -0.15) is 0 Å². The second-order valence-electron chi connectivity index (χ2n) is 6.51. The van der Waals surface area contributed by atoms with Crippen LogP contribution in [-0.4, -0.2) is 45.3 Å². The van der Waals surface area contributed by atoms with Crippen molar-refractivity contribution in [2.24, 2.45) is 5.92 Å². The summed E-state index contributed by atoms with van der Waals surface area (Å²) in [5.74, 6) is 2.51. The zero-order chi connectivity index (χ0) is 16.1. The largest absolute Gasteiger partial charge is 0.496 e. The molecule has 0 saturated carbocycles.